The average molecular weight is 431 g/mol. The van der Waals surface area contributed by atoms with E-state index in [1.807, 2.05) is 65.3 Å². The predicted octanol–water partition coefficient (Wildman–Crippen LogP) is 3.06. The van der Waals surface area contributed by atoms with Crippen molar-refractivity contribution in [3.8, 4) is 6.07 Å². The van der Waals surface area contributed by atoms with Crippen LogP contribution in [0.15, 0.2) is 48.5 Å². The summed E-state index contributed by atoms with van der Waals surface area (Å²) in [6.45, 7) is 7.18. The van der Waals surface area contributed by atoms with Crippen molar-refractivity contribution in [2.75, 3.05) is 39.3 Å². The van der Waals surface area contributed by atoms with E-state index < -0.39 is 0 Å². The molecule has 1 unspecified atom stereocenters. The van der Waals surface area contributed by atoms with Gasteiger partial charge in [0.25, 0.3) is 5.91 Å². The molecule has 2 aliphatic rings. The molecule has 0 saturated carbocycles. The molecule has 2 aromatic carbocycles. The number of rotatable bonds is 4. The smallest absolute Gasteiger partial charge is 0.253 e. The molecule has 0 aliphatic carbocycles. The second-order valence-corrected chi connectivity index (χ2v) is 8.87. The first-order chi connectivity index (χ1) is 15.5. The highest BCUT2D eigenvalue weighted by atomic mass is 16.2. The van der Waals surface area contributed by atoms with Gasteiger partial charge in [0, 0.05) is 51.4 Å². The van der Waals surface area contributed by atoms with Crippen molar-refractivity contribution >= 4 is 11.8 Å². The van der Waals surface area contributed by atoms with Gasteiger partial charge in [-0.05, 0) is 49.6 Å². The van der Waals surface area contributed by atoms with Crippen LogP contribution >= 0.6 is 0 Å². The van der Waals surface area contributed by atoms with Crippen LogP contribution in [0.4, 0.5) is 0 Å². The number of likely N-dealkylation sites (tertiary alicyclic amines) is 1. The molecule has 6 nitrogen and oxygen atoms in total. The van der Waals surface area contributed by atoms with Crippen LogP contribution < -0.4 is 0 Å². The van der Waals surface area contributed by atoms with Crippen LogP contribution in [-0.4, -0.2) is 65.8 Å². The zero-order valence-electron chi connectivity index (χ0n) is 18.7. The van der Waals surface area contributed by atoms with Crippen molar-refractivity contribution in [1.82, 2.24) is 14.7 Å². The van der Waals surface area contributed by atoms with Gasteiger partial charge in [-0.15, -0.1) is 0 Å². The second kappa shape index (κ2) is 9.97. The number of aryl methyl sites for hydroxylation is 1. The van der Waals surface area contributed by atoms with Crippen LogP contribution in [-0.2, 0) is 11.3 Å². The number of piperazine rings is 1. The van der Waals surface area contributed by atoms with E-state index in [1.165, 1.54) is 5.56 Å². The number of carbonyl (C=O) groups excluding carboxylic acids is 2. The number of hydrogen-bond acceptors (Lipinski definition) is 4. The lowest BCUT2D eigenvalue weighted by Crippen LogP contribution is -2.52. The summed E-state index contributed by atoms with van der Waals surface area (Å²) in [6.07, 6.45) is 1.72. The fourth-order valence-corrected chi connectivity index (χ4v) is 4.57. The van der Waals surface area contributed by atoms with Gasteiger partial charge in [0.15, 0.2) is 0 Å². The standard InChI is InChI=1S/C26H30N4O2/c1-20-4-10-23(11-5-20)25(31)30-12-2-3-24(19-30)26(32)29-15-13-28(14-16-29)18-22-8-6-21(17-27)7-9-22/h4-11,24H,2-3,12-16,18-19H2,1H3. The molecular formula is C26H30N4O2. The summed E-state index contributed by atoms with van der Waals surface area (Å²) in [5, 5.41) is 8.93. The summed E-state index contributed by atoms with van der Waals surface area (Å²) in [5.41, 5.74) is 3.68. The van der Waals surface area contributed by atoms with Gasteiger partial charge in [-0.1, -0.05) is 29.8 Å². The summed E-state index contributed by atoms with van der Waals surface area (Å²) in [4.78, 5) is 32.2. The fourth-order valence-electron chi connectivity index (χ4n) is 4.57. The molecule has 2 saturated heterocycles. The number of nitrogens with zero attached hydrogens (tertiary/aromatic N) is 4. The van der Waals surface area contributed by atoms with E-state index in [2.05, 4.69) is 11.0 Å². The molecule has 2 aromatic rings. The van der Waals surface area contributed by atoms with Crippen LogP contribution in [0.1, 0.15) is 39.9 Å². The van der Waals surface area contributed by atoms with E-state index in [4.69, 9.17) is 5.26 Å². The Morgan fingerprint density at radius 2 is 1.62 bits per heavy atom. The molecular weight excluding hydrogens is 400 g/mol. The number of hydrogen-bond donors (Lipinski definition) is 0. The topological polar surface area (TPSA) is 67.7 Å². The van der Waals surface area contributed by atoms with E-state index in [-0.39, 0.29) is 17.7 Å². The summed E-state index contributed by atoms with van der Waals surface area (Å²) in [7, 11) is 0. The minimum atomic E-state index is -0.108. The third kappa shape index (κ3) is 5.17. The Morgan fingerprint density at radius 1 is 0.938 bits per heavy atom. The van der Waals surface area contributed by atoms with Crippen molar-refractivity contribution in [3.63, 3.8) is 0 Å². The van der Waals surface area contributed by atoms with E-state index in [0.717, 1.165) is 57.7 Å². The number of nitriles is 1. The Balaban J connectivity index is 1.29. The van der Waals surface area contributed by atoms with Crippen LogP contribution in [0.5, 0.6) is 0 Å². The molecule has 1 atom stereocenters. The van der Waals surface area contributed by atoms with Crippen molar-refractivity contribution in [3.05, 3.63) is 70.8 Å². The molecule has 0 spiro atoms. The zero-order valence-corrected chi connectivity index (χ0v) is 18.7. The maximum atomic E-state index is 13.2. The molecule has 2 fully saturated rings. The molecule has 166 valence electrons. The van der Waals surface area contributed by atoms with Crippen LogP contribution in [0.3, 0.4) is 0 Å². The van der Waals surface area contributed by atoms with Gasteiger partial charge in [0.05, 0.1) is 17.6 Å². The molecule has 2 aliphatic heterocycles. The first-order valence-electron chi connectivity index (χ1n) is 11.4. The van der Waals surface area contributed by atoms with Gasteiger partial charge >= 0.3 is 0 Å². The maximum absolute atomic E-state index is 13.2. The van der Waals surface area contributed by atoms with Gasteiger partial charge in [-0.25, -0.2) is 0 Å². The highest BCUT2D eigenvalue weighted by molar-refractivity contribution is 5.94. The normalized spacial score (nSPS) is 19.4. The molecule has 32 heavy (non-hydrogen) atoms. The first kappa shape index (κ1) is 22.0. The third-order valence-corrected chi connectivity index (χ3v) is 6.53. The lowest BCUT2D eigenvalue weighted by atomic mass is 9.95. The number of carbonyl (C=O) groups is 2. The Hall–Kier alpha value is -3.17. The molecule has 0 aromatic heterocycles. The van der Waals surface area contributed by atoms with Gasteiger partial charge in [0.1, 0.15) is 0 Å². The van der Waals surface area contributed by atoms with Gasteiger partial charge in [0.2, 0.25) is 5.91 Å². The van der Waals surface area contributed by atoms with Crippen molar-refractivity contribution in [2.45, 2.75) is 26.3 Å². The maximum Gasteiger partial charge on any atom is 0.253 e. The average Bonchev–Trinajstić information content (AvgIpc) is 2.85. The van der Waals surface area contributed by atoms with E-state index in [9.17, 15) is 9.59 Å². The van der Waals surface area contributed by atoms with Crippen LogP contribution in [0.2, 0.25) is 0 Å². The van der Waals surface area contributed by atoms with E-state index in [0.29, 0.717) is 17.7 Å². The van der Waals surface area contributed by atoms with Crippen molar-refractivity contribution in [1.29, 1.82) is 5.26 Å². The number of benzene rings is 2. The third-order valence-electron chi connectivity index (χ3n) is 6.53. The highest BCUT2D eigenvalue weighted by Gasteiger charge is 2.32. The van der Waals surface area contributed by atoms with E-state index in [1.54, 1.807) is 0 Å². The highest BCUT2D eigenvalue weighted by Crippen LogP contribution is 2.22. The molecule has 4 rings (SSSR count). The Morgan fingerprint density at radius 3 is 2.28 bits per heavy atom. The predicted molar refractivity (Wildman–Crippen MR) is 123 cm³/mol. The van der Waals surface area contributed by atoms with Crippen molar-refractivity contribution in [2.24, 2.45) is 5.92 Å². The Labute approximate surface area is 190 Å². The van der Waals surface area contributed by atoms with Gasteiger partial charge in [-0.2, -0.15) is 5.26 Å². The number of piperidine rings is 1. The zero-order chi connectivity index (χ0) is 22.5. The number of amides is 2. The van der Waals surface area contributed by atoms with E-state index >= 15 is 0 Å². The summed E-state index contributed by atoms with van der Waals surface area (Å²) in [6, 6.07) is 17.5. The molecule has 0 bridgehead atoms. The summed E-state index contributed by atoms with van der Waals surface area (Å²) >= 11 is 0. The monoisotopic (exact) mass is 430 g/mol. The SMILES string of the molecule is Cc1ccc(C(=O)N2CCCC(C(=O)N3CCN(Cc4ccc(C#N)cc4)CC3)C2)cc1. The summed E-state index contributed by atoms with van der Waals surface area (Å²) < 4.78 is 0. The first-order valence-corrected chi connectivity index (χ1v) is 11.4. The summed E-state index contributed by atoms with van der Waals surface area (Å²) in [5.74, 6) is 0.0994. The second-order valence-electron chi connectivity index (χ2n) is 8.87. The van der Waals surface area contributed by atoms with Gasteiger partial charge in [-0.3, -0.25) is 14.5 Å². The quantitative estimate of drug-likeness (QED) is 0.748. The molecule has 2 amide bonds. The van der Waals surface area contributed by atoms with Gasteiger partial charge < -0.3 is 9.80 Å². The molecule has 2 heterocycles. The minimum Gasteiger partial charge on any atom is -0.340 e. The largest absolute Gasteiger partial charge is 0.340 e. The molecule has 0 radical (unpaired) electrons. The molecule has 0 N–H and O–H groups in total. The van der Waals surface area contributed by atoms with Crippen LogP contribution in [0.25, 0.3) is 0 Å². The van der Waals surface area contributed by atoms with Crippen molar-refractivity contribution < 1.29 is 9.59 Å². The Kier molecular flexibility index (Phi) is 6.87. The minimum absolute atomic E-state index is 0.0229. The fraction of sp³-hybridized carbons (Fsp3) is 0.423. The Bertz CT molecular complexity index is 986. The lowest BCUT2D eigenvalue weighted by molar-refractivity contribution is -0.138. The van der Waals surface area contributed by atoms with Crippen LogP contribution in [0, 0.1) is 24.2 Å². The lowest BCUT2D eigenvalue weighted by Gasteiger charge is -2.39. The molecule has 6 heteroatoms.